The minimum atomic E-state index is 0. The van der Waals surface area contributed by atoms with Gasteiger partial charge in [-0.05, 0) is 12.1 Å². The predicted molar refractivity (Wildman–Crippen MR) is 60.3 cm³/mol. The van der Waals surface area contributed by atoms with Crippen LogP contribution in [0.2, 0.25) is 0 Å². The van der Waals surface area contributed by atoms with Gasteiger partial charge in [0, 0.05) is 4.90 Å². The van der Waals surface area contributed by atoms with Gasteiger partial charge in [-0.2, -0.15) is 0 Å². The molecule has 1 nitrogen and oxygen atoms in total. The molecular formula is C8H8KNS3. The second-order valence-corrected chi connectivity index (χ2v) is 4.19. The van der Waals surface area contributed by atoms with Gasteiger partial charge in [0.2, 0.25) is 0 Å². The van der Waals surface area contributed by atoms with Crippen molar-refractivity contribution >= 4 is 40.9 Å². The molecule has 1 aromatic rings. The van der Waals surface area contributed by atoms with Gasteiger partial charge in [-0.3, -0.25) is 0 Å². The zero-order valence-electron chi connectivity index (χ0n) is 7.32. The number of hydrogen-bond acceptors (Lipinski definition) is 3. The van der Waals surface area contributed by atoms with E-state index in [9.17, 15) is 0 Å². The van der Waals surface area contributed by atoms with Gasteiger partial charge in [-0.25, -0.2) is 0 Å². The maximum Gasteiger partial charge on any atom is 1.00 e. The zero-order chi connectivity index (χ0) is 8.81. The molecule has 0 spiro atoms. The summed E-state index contributed by atoms with van der Waals surface area (Å²) in [5, 5.41) is 2.90. The van der Waals surface area contributed by atoms with Crippen LogP contribution in [0.5, 0.6) is 0 Å². The van der Waals surface area contributed by atoms with E-state index in [-0.39, 0.29) is 51.4 Å². The van der Waals surface area contributed by atoms with Crippen molar-refractivity contribution in [2.45, 2.75) is 4.90 Å². The molecule has 0 aromatic heterocycles. The van der Waals surface area contributed by atoms with E-state index in [0.717, 1.165) is 5.88 Å². The molecule has 0 saturated carbocycles. The van der Waals surface area contributed by atoms with Gasteiger partial charge in [0.1, 0.15) is 0 Å². The van der Waals surface area contributed by atoms with Crippen molar-refractivity contribution in [3.8, 4) is 0 Å². The third-order valence-corrected chi connectivity index (χ3v) is 2.38. The van der Waals surface area contributed by atoms with Gasteiger partial charge in [-0.1, -0.05) is 22.5 Å². The van der Waals surface area contributed by atoms with Gasteiger partial charge < -0.3 is 30.2 Å². The minimum Gasteiger partial charge on any atom is -0.412 e. The molecule has 0 heterocycles. The Bertz CT molecular complexity index is 253. The molecule has 0 saturated heterocycles. The quantitative estimate of drug-likeness (QED) is 0.248. The summed E-state index contributed by atoms with van der Waals surface area (Å²) in [6, 6.07) is 10.1. The molecule has 0 radical (unpaired) electrons. The fourth-order valence-electron chi connectivity index (χ4n) is 0.695. The summed E-state index contributed by atoms with van der Waals surface area (Å²) in [5.41, 5.74) is 0. The minimum absolute atomic E-state index is 0. The molecule has 0 aliphatic heterocycles. The number of nitrogens with one attached hydrogen (secondary N) is 1. The second-order valence-electron chi connectivity index (χ2n) is 2.07. The average molecular weight is 253 g/mol. The van der Waals surface area contributed by atoms with Crippen molar-refractivity contribution in [2.24, 2.45) is 0 Å². The predicted octanol–water partition coefficient (Wildman–Crippen LogP) is -0.838. The maximum atomic E-state index is 4.70. The molecule has 64 valence electrons. The Labute approximate surface area is 136 Å². The van der Waals surface area contributed by atoms with Crippen molar-refractivity contribution in [3.63, 3.8) is 0 Å². The molecule has 0 atom stereocenters. The second kappa shape index (κ2) is 8.61. The van der Waals surface area contributed by atoms with Crippen molar-refractivity contribution in [1.82, 2.24) is 5.32 Å². The molecule has 0 unspecified atom stereocenters. The van der Waals surface area contributed by atoms with Crippen LogP contribution in [0.15, 0.2) is 35.2 Å². The topological polar surface area (TPSA) is 12.0 Å². The van der Waals surface area contributed by atoms with Crippen LogP contribution in [0.4, 0.5) is 0 Å². The Kier molecular flexibility index (Phi) is 9.48. The van der Waals surface area contributed by atoms with Crippen molar-refractivity contribution < 1.29 is 51.4 Å². The monoisotopic (exact) mass is 253 g/mol. The van der Waals surface area contributed by atoms with E-state index in [0.29, 0.717) is 4.32 Å². The van der Waals surface area contributed by atoms with Crippen molar-refractivity contribution in [3.05, 3.63) is 30.3 Å². The third kappa shape index (κ3) is 7.27. The van der Waals surface area contributed by atoms with Crippen LogP contribution in [-0.4, -0.2) is 10.2 Å². The molecule has 0 bridgehead atoms. The van der Waals surface area contributed by atoms with Gasteiger partial charge in [-0.15, -0.1) is 11.8 Å². The SMILES string of the molecule is S=C([S-])NCSc1ccccc1.[K+]. The first-order valence-corrected chi connectivity index (χ1v) is 5.22. The first-order valence-electron chi connectivity index (χ1n) is 3.42. The molecule has 1 N–H and O–H groups in total. The number of benzene rings is 1. The first kappa shape index (κ1) is 14.3. The van der Waals surface area contributed by atoms with E-state index < -0.39 is 0 Å². The largest absolute Gasteiger partial charge is 1.00 e. The Hall–Kier alpha value is 1.32. The molecule has 1 aromatic carbocycles. The van der Waals surface area contributed by atoms with Crippen LogP contribution in [0.25, 0.3) is 0 Å². The number of hydrogen-bond donors (Lipinski definition) is 1. The summed E-state index contributed by atoms with van der Waals surface area (Å²) in [5.74, 6) is 0.742. The third-order valence-electron chi connectivity index (χ3n) is 1.20. The van der Waals surface area contributed by atoms with Crippen LogP contribution in [0, 0.1) is 0 Å². The number of thioether (sulfide) groups is 1. The summed E-state index contributed by atoms with van der Waals surface area (Å²) in [4.78, 5) is 1.22. The van der Waals surface area contributed by atoms with Crippen LogP contribution < -0.4 is 56.7 Å². The van der Waals surface area contributed by atoms with Crippen molar-refractivity contribution in [2.75, 3.05) is 5.88 Å². The maximum absolute atomic E-state index is 4.70. The standard InChI is InChI=1S/C8H9NS3.K/c10-8(11)9-6-12-7-4-2-1-3-5-7;/h1-5H,6H2,(H2,9,10,11);/q;+1/p-1. The van der Waals surface area contributed by atoms with Crippen molar-refractivity contribution in [1.29, 1.82) is 0 Å². The summed E-state index contributed by atoms with van der Waals surface area (Å²) < 4.78 is 0.429. The normalized spacial score (nSPS) is 8.62. The molecule has 5 heteroatoms. The fraction of sp³-hybridized carbons (Fsp3) is 0.125. The Morgan fingerprint density at radius 1 is 1.38 bits per heavy atom. The first-order chi connectivity index (χ1) is 5.79. The van der Waals surface area contributed by atoms with E-state index in [1.165, 1.54) is 4.90 Å². The van der Waals surface area contributed by atoms with Crippen LogP contribution in [0.1, 0.15) is 0 Å². The summed E-state index contributed by atoms with van der Waals surface area (Å²) in [7, 11) is 0. The van der Waals surface area contributed by atoms with Gasteiger partial charge in [0.25, 0.3) is 0 Å². The van der Waals surface area contributed by atoms with Crippen LogP contribution >= 0.6 is 24.0 Å². The van der Waals surface area contributed by atoms with Gasteiger partial charge >= 0.3 is 51.4 Å². The van der Waals surface area contributed by atoms with E-state index in [1.807, 2.05) is 18.2 Å². The molecule has 0 fully saturated rings. The summed E-state index contributed by atoms with van der Waals surface area (Å²) >= 11 is 11.1. The Morgan fingerprint density at radius 3 is 2.54 bits per heavy atom. The summed E-state index contributed by atoms with van der Waals surface area (Å²) in [6.07, 6.45) is 0. The van der Waals surface area contributed by atoms with Crippen LogP contribution in [-0.2, 0) is 12.6 Å². The van der Waals surface area contributed by atoms with E-state index in [2.05, 4.69) is 17.4 Å². The van der Waals surface area contributed by atoms with E-state index in [4.69, 9.17) is 24.8 Å². The molecule has 0 aliphatic carbocycles. The molecule has 13 heavy (non-hydrogen) atoms. The molecule has 0 amide bonds. The fourth-order valence-corrected chi connectivity index (χ4v) is 1.75. The Balaban J connectivity index is 0.00000144. The smallest absolute Gasteiger partial charge is 0.412 e. The molecular weight excluding hydrogens is 245 g/mol. The van der Waals surface area contributed by atoms with Crippen LogP contribution in [0.3, 0.4) is 0 Å². The number of thiocarbonyl (C=S) groups is 1. The molecule has 1 rings (SSSR count). The van der Waals surface area contributed by atoms with Gasteiger partial charge in [0.15, 0.2) is 0 Å². The summed E-state index contributed by atoms with van der Waals surface area (Å²) in [6.45, 7) is 0. The van der Waals surface area contributed by atoms with Gasteiger partial charge in [0.05, 0.1) is 5.88 Å². The zero-order valence-corrected chi connectivity index (χ0v) is 12.9. The number of rotatable bonds is 3. The average Bonchev–Trinajstić information content (AvgIpc) is 2.05. The van der Waals surface area contributed by atoms with E-state index in [1.54, 1.807) is 11.8 Å². The molecule has 0 aliphatic rings. The van der Waals surface area contributed by atoms with E-state index >= 15 is 0 Å². The Morgan fingerprint density at radius 2 is 2.00 bits per heavy atom.